The van der Waals surface area contributed by atoms with Crippen LogP contribution in [-0.4, -0.2) is 30.5 Å². The van der Waals surface area contributed by atoms with Gasteiger partial charge in [0.15, 0.2) is 0 Å². The van der Waals surface area contributed by atoms with Crippen molar-refractivity contribution in [3.8, 4) is 0 Å². The van der Waals surface area contributed by atoms with E-state index in [1.165, 1.54) is 12.8 Å². The summed E-state index contributed by atoms with van der Waals surface area (Å²) >= 11 is 0. The van der Waals surface area contributed by atoms with Gasteiger partial charge in [-0.2, -0.15) is 0 Å². The van der Waals surface area contributed by atoms with Crippen LogP contribution in [0.2, 0.25) is 0 Å². The fourth-order valence-electron chi connectivity index (χ4n) is 2.78. The van der Waals surface area contributed by atoms with Crippen LogP contribution in [0.15, 0.2) is 18.3 Å². The number of nitrogens with two attached hydrogens (primary N) is 1. The molecule has 0 spiro atoms. The molecular weight excluding hydrogens is 240 g/mol. The molecular formula is C14H22N4O. The van der Waals surface area contributed by atoms with Gasteiger partial charge in [-0.25, -0.2) is 4.98 Å². The van der Waals surface area contributed by atoms with Crippen molar-refractivity contribution in [3.63, 3.8) is 0 Å². The van der Waals surface area contributed by atoms with Gasteiger partial charge in [0.1, 0.15) is 5.82 Å². The molecule has 1 amide bonds. The van der Waals surface area contributed by atoms with Gasteiger partial charge >= 0.3 is 0 Å². The molecule has 0 radical (unpaired) electrons. The summed E-state index contributed by atoms with van der Waals surface area (Å²) in [6.45, 7) is 0.990. The zero-order chi connectivity index (χ0) is 13.7. The first-order chi connectivity index (χ1) is 9.22. The molecule has 0 aliphatic heterocycles. The average Bonchev–Trinajstić information content (AvgIpc) is 2.91. The molecule has 1 heterocycles. The van der Waals surface area contributed by atoms with E-state index in [0.29, 0.717) is 6.04 Å². The van der Waals surface area contributed by atoms with Gasteiger partial charge in [-0.15, -0.1) is 0 Å². The number of nitrogens with zero attached hydrogens (tertiary/aromatic N) is 2. The van der Waals surface area contributed by atoms with E-state index in [-0.39, 0.29) is 12.5 Å². The van der Waals surface area contributed by atoms with Crippen LogP contribution >= 0.6 is 0 Å². The molecule has 19 heavy (non-hydrogen) atoms. The highest BCUT2D eigenvalue weighted by Gasteiger charge is 2.26. The SMILES string of the molecule is CNCc1cccnc1N(CC(N)=O)C1CCCC1. The number of pyridine rings is 1. The predicted octanol–water partition coefficient (Wildman–Crippen LogP) is 1.04. The molecule has 1 aliphatic rings. The summed E-state index contributed by atoms with van der Waals surface area (Å²) in [5.74, 6) is 0.593. The van der Waals surface area contributed by atoms with E-state index < -0.39 is 0 Å². The van der Waals surface area contributed by atoms with E-state index in [0.717, 1.165) is 30.8 Å². The maximum atomic E-state index is 11.3. The number of primary amides is 1. The molecule has 1 aromatic rings. The zero-order valence-electron chi connectivity index (χ0n) is 11.4. The van der Waals surface area contributed by atoms with Crippen molar-refractivity contribution in [1.82, 2.24) is 10.3 Å². The van der Waals surface area contributed by atoms with E-state index >= 15 is 0 Å². The normalized spacial score (nSPS) is 15.6. The fourth-order valence-corrected chi connectivity index (χ4v) is 2.78. The van der Waals surface area contributed by atoms with Crippen molar-refractivity contribution in [2.75, 3.05) is 18.5 Å². The number of nitrogens with one attached hydrogen (secondary N) is 1. The molecule has 1 saturated carbocycles. The Hall–Kier alpha value is -1.62. The number of hydrogen-bond acceptors (Lipinski definition) is 4. The van der Waals surface area contributed by atoms with Gasteiger partial charge in [0.2, 0.25) is 5.91 Å². The number of carbonyl (C=O) groups is 1. The largest absolute Gasteiger partial charge is 0.368 e. The Balaban J connectivity index is 2.28. The Kier molecular flexibility index (Phi) is 4.74. The second-order valence-electron chi connectivity index (χ2n) is 5.05. The van der Waals surface area contributed by atoms with Crippen molar-refractivity contribution in [2.45, 2.75) is 38.3 Å². The van der Waals surface area contributed by atoms with Crippen LogP contribution in [0.3, 0.4) is 0 Å². The highest BCUT2D eigenvalue weighted by atomic mass is 16.1. The number of rotatable bonds is 6. The summed E-state index contributed by atoms with van der Waals surface area (Å²) in [6.07, 6.45) is 6.44. The molecule has 0 unspecified atom stereocenters. The Morgan fingerprint density at radius 2 is 2.26 bits per heavy atom. The third kappa shape index (κ3) is 3.44. The third-order valence-electron chi connectivity index (χ3n) is 3.60. The number of aromatic nitrogens is 1. The van der Waals surface area contributed by atoms with Gasteiger partial charge in [0, 0.05) is 24.3 Å². The van der Waals surface area contributed by atoms with Crippen LogP contribution in [0.4, 0.5) is 5.82 Å². The van der Waals surface area contributed by atoms with Crippen LogP contribution in [0, 0.1) is 0 Å². The standard InChI is InChI=1S/C14H22N4O/c1-16-9-11-5-4-8-17-14(11)18(10-13(15)19)12-6-2-3-7-12/h4-5,8,12,16H,2-3,6-7,9-10H2,1H3,(H2,15,19). The topological polar surface area (TPSA) is 71.2 Å². The Labute approximate surface area is 114 Å². The number of anilines is 1. The lowest BCUT2D eigenvalue weighted by Crippen LogP contribution is -2.41. The minimum atomic E-state index is -0.298. The average molecular weight is 262 g/mol. The van der Waals surface area contributed by atoms with Crippen LogP contribution in [-0.2, 0) is 11.3 Å². The minimum Gasteiger partial charge on any atom is -0.368 e. The minimum absolute atomic E-state index is 0.248. The predicted molar refractivity (Wildman–Crippen MR) is 75.8 cm³/mol. The lowest BCUT2D eigenvalue weighted by molar-refractivity contribution is -0.116. The molecule has 1 aromatic heterocycles. The monoisotopic (exact) mass is 262 g/mol. The van der Waals surface area contributed by atoms with Gasteiger partial charge in [0.05, 0.1) is 6.54 Å². The molecule has 1 aliphatic carbocycles. The first-order valence-electron chi connectivity index (χ1n) is 6.86. The van der Waals surface area contributed by atoms with Crippen LogP contribution in [0.1, 0.15) is 31.2 Å². The molecule has 0 aromatic carbocycles. The summed E-state index contributed by atoms with van der Waals surface area (Å²) in [6, 6.07) is 4.35. The lowest BCUT2D eigenvalue weighted by Gasteiger charge is -2.30. The van der Waals surface area contributed by atoms with E-state index in [1.54, 1.807) is 6.20 Å². The first kappa shape index (κ1) is 13.8. The summed E-state index contributed by atoms with van der Waals surface area (Å²) in [5.41, 5.74) is 6.51. The van der Waals surface area contributed by atoms with Crippen molar-refractivity contribution < 1.29 is 4.79 Å². The van der Waals surface area contributed by atoms with Crippen molar-refractivity contribution in [3.05, 3.63) is 23.9 Å². The highest BCUT2D eigenvalue weighted by Crippen LogP contribution is 2.28. The van der Waals surface area contributed by atoms with E-state index in [2.05, 4.69) is 15.2 Å². The summed E-state index contributed by atoms with van der Waals surface area (Å²) in [7, 11) is 1.91. The van der Waals surface area contributed by atoms with E-state index in [4.69, 9.17) is 5.73 Å². The van der Waals surface area contributed by atoms with Crippen molar-refractivity contribution in [1.29, 1.82) is 0 Å². The van der Waals surface area contributed by atoms with E-state index in [1.807, 2.05) is 19.2 Å². The molecule has 104 valence electrons. The van der Waals surface area contributed by atoms with Gasteiger partial charge in [-0.05, 0) is 26.0 Å². The first-order valence-corrected chi connectivity index (χ1v) is 6.86. The summed E-state index contributed by atoms with van der Waals surface area (Å²) in [4.78, 5) is 17.9. The van der Waals surface area contributed by atoms with Crippen LogP contribution in [0.25, 0.3) is 0 Å². The van der Waals surface area contributed by atoms with Gasteiger partial charge in [-0.1, -0.05) is 18.9 Å². The fraction of sp³-hybridized carbons (Fsp3) is 0.571. The lowest BCUT2D eigenvalue weighted by atomic mass is 10.1. The summed E-state index contributed by atoms with van der Waals surface area (Å²) in [5, 5.41) is 3.14. The Morgan fingerprint density at radius 3 is 2.89 bits per heavy atom. The van der Waals surface area contributed by atoms with Gasteiger partial charge < -0.3 is 16.0 Å². The molecule has 5 nitrogen and oxygen atoms in total. The molecule has 0 saturated heterocycles. The number of hydrogen-bond donors (Lipinski definition) is 2. The second kappa shape index (κ2) is 6.52. The van der Waals surface area contributed by atoms with Gasteiger partial charge in [-0.3, -0.25) is 4.79 Å². The summed E-state index contributed by atoms with van der Waals surface area (Å²) < 4.78 is 0. The molecule has 0 atom stereocenters. The molecule has 3 N–H and O–H groups in total. The maximum Gasteiger partial charge on any atom is 0.237 e. The quantitative estimate of drug-likeness (QED) is 0.803. The third-order valence-corrected chi connectivity index (χ3v) is 3.60. The van der Waals surface area contributed by atoms with Crippen LogP contribution < -0.4 is 16.0 Å². The Bertz CT molecular complexity index is 429. The number of amides is 1. The van der Waals surface area contributed by atoms with E-state index in [9.17, 15) is 4.79 Å². The zero-order valence-corrected chi connectivity index (χ0v) is 11.4. The van der Waals surface area contributed by atoms with Crippen molar-refractivity contribution >= 4 is 11.7 Å². The van der Waals surface area contributed by atoms with Gasteiger partial charge in [0.25, 0.3) is 0 Å². The second-order valence-corrected chi connectivity index (χ2v) is 5.05. The molecule has 2 rings (SSSR count). The molecule has 5 heteroatoms. The number of carbonyl (C=O) groups excluding carboxylic acids is 1. The Morgan fingerprint density at radius 1 is 1.53 bits per heavy atom. The smallest absolute Gasteiger partial charge is 0.237 e. The maximum absolute atomic E-state index is 11.3. The van der Waals surface area contributed by atoms with Crippen molar-refractivity contribution in [2.24, 2.45) is 5.73 Å². The van der Waals surface area contributed by atoms with Crippen LogP contribution in [0.5, 0.6) is 0 Å². The highest BCUT2D eigenvalue weighted by molar-refractivity contribution is 5.79. The molecule has 1 fully saturated rings. The molecule has 0 bridgehead atoms.